The van der Waals surface area contributed by atoms with E-state index in [1.54, 1.807) is 19.2 Å². The summed E-state index contributed by atoms with van der Waals surface area (Å²) in [5.41, 5.74) is 5.35. The molecule has 6 nitrogen and oxygen atoms in total. The summed E-state index contributed by atoms with van der Waals surface area (Å²) < 4.78 is 43.6. The number of nitriles is 1. The van der Waals surface area contributed by atoms with Gasteiger partial charge in [0.05, 0.1) is 27.7 Å². The van der Waals surface area contributed by atoms with Crippen LogP contribution in [-0.4, -0.2) is 14.5 Å². The first-order valence-corrected chi connectivity index (χ1v) is 10.5. The van der Waals surface area contributed by atoms with Crippen LogP contribution in [0.1, 0.15) is 36.6 Å². The number of hydrogen-bond donors (Lipinski definition) is 1. The quantitative estimate of drug-likeness (QED) is 0.310. The lowest BCUT2D eigenvalue weighted by Crippen LogP contribution is -2.25. The summed E-state index contributed by atoms with van der Waals surface area (Å²) >= 11 is 6.34. The molecule has 0 bridgehead atoms. The van der Waals surface area contributed by atoms with Gasteiger partial charge in [-0.3, -0.25) is 14.3 Å². The third-order valence-corrected chi connectivity index (χ3v) is 5.69. The number of nitrogens with zero attached hydrogens (tertiary/aromatic N) is 4. The van der Waals surface area contributed by atoms with Crippen molar-refractivity contribution >= 4 is 28.3 Å². The van der Waals surface area contributed by atoms with Gasteiger partial charge in [0.1, 0.15) is 17.3 Å². The second kappa shape index (κ2) is 8.47. The fraction of sp³-hybridized carbons (Fsp3) is 0.167. The Bertz CT molecular complexity index is 1590. The molecule has 0 aliphatic rings. The van der Waals surface area contributed by atoms with Crippen LogP contribution in [0.3, 0.4) is 0 Å². The summed E-state index contributed by atoms with van der Waals surface area (Å²) in [6.45, 7) is 5.55. The number of fused-ring (bicyclic) bond motifs is 1. The molecule has 0 saturated carbocycles. The number of halogens is 4. The number of aromatic nitrogens is 3. The van der Waals surface area contributed by atoms with E-state index in [-0.39, 0.29) is 27.8 Å². The average molecular weight is 484 g/mol. The van der Waals surface area contributed by atoms with Crippen molar-refractivity contribution in [2.45, 2.75) is 26.7 Å². The maximum atomic E-state index is 14.7. The molecule has 0 aliphatic carbocycles. The third kappa shape index (κ3) is 3.56. The van der Waals surface area contributed by atoms with Gasteiger partial charge in [0.15, 0.2) is 17.5 Å². The first-order valence-electron chi connectivity index (χ1n) is 10.1. The molecule has 4 aromatic rings. The molecule has 1 aromatic carbocycles. The van der Waals surface area contributed by atoms with E-state index in [1.165, 1.54) is 16.7 Å². The van der Waals surface area contributed by atoms with Crippen LogP contribution in [0.4, 0.5) is 18.9 Å². The highest BCUT2D eigenvalue weighted by atomic mass is 35.5. The molecule has 10 heteroatoms. The summed E-state index contributed by atoms with van der Waals surface area (Å²) in [5.74, 6) is -4.86. The fourth-order valence-corrected chi connectivity index (χ4v) is 4.07. The fourth-order valence-electron chi connectivity index (χ4n) is 3.81. The van der Waals surface area contributed by atoms with Gasteiger partial charge in [0.25, 0.3) is 5.56 Å². The molecule has 172 valence electrons. The van der Waals surface area contributed by atoms with Crippen LogP contribution in [0, 0.1) is 35.7 Å². The van der Waals surface area contributed by atoms with Gasteiger partial charge in [-0.25, -0.2) is 18.2 Å². The van der Waals surface area contributed by atoms with Crippen LogP contribution in [0.5, 0.6) is 0 Å². The van der Waals surface area contributed by atoms with Crippen LogP contribution in [0.2, 0.25) is 5.02 Å². The van der Waals surface area contributed by atoms with Gasteiger partial charge in [-0.15, -0.1) is 0 Å². The van der Waals surface area contributed by atoms with Crippen molar-refractivity contribution in [1.82, 2.24) is 14.5 Å². The summed E-state index contributed by atoms with van der Waals surface area (Å²) in [6, 6.07) is 6.86. The summed E-state index contributed by atoms with van der Waals surface area (Å²) in [5, 5.41) is 9.71. The second-order valence-electron chi connectivity index (χ2n) is 8.01. The Morgan fingerprint density at radius 2 is 1.88 bits per heavy atom. The standard InChI is InChI=1S/C24H17ClF3N5O/c1-10(2)20-22(11(3)4-5-31-20)33-23-12(6-13(9-29)24(33)34)7-14(25)21(32-23)17-16(30)8-15(26)18(27)19(17)28/h4-8,10H,30H2,1-3H3. The van der Waals surface area contributed by atoms with Crippen molar-refractivity contribution in [2.75, 3.05) is 5.73 Å². The minimum absolute atomic E-state index is 0.0185. The third-order valence-electron chi connectivity index (χ3n) is 5.40. The van der Waals surface area contributed by atoms with E-state index in [9.17, 15) is 23.2 Å². The minimum atomic E-state index is -1.73. The van der Waals surface area contributed by atoms with Gasteiger partial charge in [-0.2, -0.15) is 5.26 Å². The van der Waals surface area contributed by atoms with Crippen molar-refractivity contribution in [3.05, 3.63) is 80.1 Å². The molecule has 0 aliphatic heterocycles. The summed E-state index contributed by atoms with van der Waals surface area (Å²) in [7, 11) is 0. The summed E-state index contributed by atoms with van der Waals surface area (Å²) in [4.78, 5) is 22.1. The maximum absolute atomic E-state index is 14.7. The Morgan fingerprint density at radius 3 is 2.53 bits per heavy atom. The number of aryl methyl sites for hydroxylation is 1. The van der Waals surface area contributed by atoms with Crippen LogP contribution in [0.25, 0.3) is 28.0 Å². The first-order chi connectivity index (χ1) is 16.1. The van der Waals surface area contributed by atoms with Gasteiger partial charge in [0.2, 0.25) is 0 Å². The first kappa shape index (κ1) is 23.3. The topological polar surface area (TPSA) is 97.6 Å². The van der Waals surface area contributed by atoms with E-state index >= 15 is 0 Å². The lowest BCUT2D eigenvalue weighted by molar-refractivity contribution is 0.449. The molecule has 0 radical (unpaired) electrons. The predicted octanol–water partition coefficient (Wildman–Crippen LogP) is 5.40. The Morgan fingerprint density at radius 1 is 1.18 bits per heavy atom. The lowest BCUT2D eigenvalue weighted by Gasteiger charge is -2.19. The molecule has 0 unspecified atom stereocenters. The number of anilines is 1. The Labute approximate surface area is 197 Å². The lowest BCUT2D eigenvalue weighted by atomic mass is 10.0. The zero-order valence-corrected chi connectivity index (χ0v) is 19.0. The predicted molar refractivity (Wildman–Crippen MR) is 123 cm³/mol. The van der Waals surface area contributed by atoms with Crippen LogP contribution < -0.4 is 11.3 Å². The van der Waals surface area contributed by atoms with Crippen molar-refractivity contribution in [2.24, 2.45) is 0 Å². The highest BCUT2D eigenvalue weighted by Gasteiger charge is 2.25. The van der Waals surface area contributed by atoms with E-state index in [2.05, 4.69) is 9.97 Å². The van der Waals surface area contributed by atoms with E-state index < -0.39 is 34.3 Å². The normalized spacial score (nSPS) is 11.3. The minimum Gasteiger partial charge on any atom is -0.398 e. The van der Waals surface area contributed by atoms with Gasteiger partial charge in [-0.1, -0.05) is 25.4 Å². The van der Waals surface area contributed by atoms with E-state index in [0.29, 0.717) is 28.4 Å². The van der Waals surface area contributed by atoms with Crippen molar-refractivity contribution in [3.63, 3.8) is 0 Å². The molecule has 2 N–H and O–H groups in total. The molecule has 4 rings (SSSR count). The summed E-state index contributed by atoms with van der Waals surface area (Å²) in [6.07, 6.45) is 1.60. The van der Waals surface area contributed by atoms with Crippen molar-refractivity contribution in [3.8, 4) is 23.0 Å². The van der Waals surface area contributed by atoms with E-state index in [1.807, 2.05) is 19.9 Å². The number of hydrogen-bond acceptors (Lipinski definition) is 5. The van der Waals surface area contributed by atoms with Gasteiger partial charge in [0, 0.05) is 23.3 Å². The molecule has 3 aromatic heterocycles. The van der Waals surface area contributed by atoms with Crippen molar-refractivity contribution < 1.29 is 13.2 Å². The monoisotopic (exact) mass is 483 g/mol. The molecule has 0 saturated heterocycles. The van der Waals surface area contributed by atoms with Crippen LogP contribution >= 0.6 is 11.6 Å². The Hall–Kier alpha value is -3.90. The highest BCUT2D eigenvalue weighted by molar-refractivity contribution is 6.34. The average Bonchev–Trinajstić information content (AvgIpc) is 2.78. The van der Waals surface area contributed by atoms with Gasteiger partial charge < -0.3 is 5.73 Å². The number of nitrogen functional groups attached to an aromatic ring is 1. The molecule has 0 fully saturated rings. The van der Waals surface area contributed by atoms with E-state index in [4.69, 9.17) is 17.3 Å². The maximum Gasteiger partial charge on any atom is 0.274 e. The molecular formula is C24H17ClF3N5O. The molecule has 0 atom stereocenters. The van der Waals surface area contributed by atoms with Crippen LogP contribution in [-0.2, 0) is 0 Å². The number of nitrogens with two attached hydrogens (primary N) is 1. The van der Waals surface area contributed by atoms with Gasteiger partial charge in [-0.05, 0) is 36.6 Å². The van der Waals surface area contributed by atoms with Crippen molar-refractivity contribution in [1.29, 1.82) is 5.26 Å². The van der Waals surface area contributed by atoms with Gasteiger partial charge >= 0.3 is 0 Å². The number of rotatable bonds is 3. The molecule has 3 heterocycles. The zero-order valence-electron chi connectivity index (χ0n) is 18.3. The number of benzene rings is 1. The zero-order chi connectivity index (χ0) is 24.9. The molecule has 34 heavy (non-hydrogen) atoms. The van der Waals surface area contributed by atoms with E-state index in [0.717, 1.165) is 0 Å². The SMILES string of the molecule is Cc1ccnc(C(C)C)c1-n1c(=O)c(C#N)cc2cc(Cl)c(-c3c(N)cc(F)c(F)c3F)nc21. The Kier molecular flexibility index (Phi) is 5.79. The highest BCUT2D eigenvalue weighted by Crippen LogP contribution is 2.37. The Balaban J connectivity index is 2.21. The molecular weight excluding hydrogens is 467 g/mol. The molecule has 0 amide bonds. The number of pyridine rings is 3. The largest absolute Gasteiger partial charge is 0.398 e. The smallest absolute Gasteiger partial charge is 0.274 e. The second-order valence-corrected chi connectivity index (χ2v) is 8.42. The molecule has 0 spiro atoms. The van der Waals surface area contributed by atoms with Crippen LogP contribution in [0.15, 0.2) is 35.3 Å².